The van der Waals surface area contributed by atoms with Crippen LogP contribution in [-0.2, 0) is 16.6 Å². The maximum absolute atomic E-state index is 12.4. The summed E-state index contributed by atoms with van der Waals surface area (Å²) in [4.78, 5) is 15.5. The van der Waals surface area contributed by atoms with E-state index in [1.165, 1.54) is 12.1 Å². The highest BCUT2D eigenvalue weighted by Crippen LogP contribution is 2.31. The Morgan fingerprint density at radius 1 is 1.19 bits per heavy atom. The first-order valence-corrected chi connectivity index (χ1v) is 10.2. The minimum absolute atomic E-state index is 0.151. The van der Waals surface area contributed by atoms with Crippen molar-refractivity contribution in [2.75, 3.05) is 31.1 Å². The van der Waals surface area contributed by atoms with Crippen LogP contribution in [0.5, 0.6) is 5.75 Å². The molecule has 1 aromatic heterocycles. The number of hydrogen-bond donors (Lipinski definition) is 0. The number of allylic oxidation sites excluding steroid dienone is 1. The van der Waals surface area contributed by atoms with Crippen LogP contribution in [0.25, 0.3) is 5.57 Å². The van der Waals surface area contributed by atoms with Crippen molar-refractivity contribution in [3.8, 4) is 5.75 Å². The van der Waals surface area contributed by atoms with Crippen molar-refractivity contribution in [1.82, 2.24) is 14.7 Å². The van der Waals surface area contributed by atoms with Crippen molar-refractivity contribution in [1.29, 1.82) is 0 Å². The number of ether oxygens (including phenoxy) is 2. The number of carbonyl (C=O) groups excluding carboxylic acids is 1. The fourth-order valence-corrected chi connectivity index (χ4v) is 3.70. The van der Waals surface area contributed by atoms with E-state index in [0.717, 1.165) is 24.1 Å². The molecule has 3 heterocycles. The fraction of sp³-hybridized carbons (Fsp3) is 0.364. The van der Waals surface area contributed by atoms with E-state index in [1.807, 2.05) is 30.4 Å². The average Bonchev–Trinajstić information content (AvgIpc) is 3.36. The molecule has 0 spiro atoms. The van der Waals surface area contributed by atoms with E-state index in [9.17, 15) is 18.0 Å². The van der Waals surface area contributed by atoms with Gasteiger partial charge in [-0.3, -0.25) is 9.48 Å². The third kappa shape index (κ3) is 5.24. The summed E-state index contributed by atoms with van der Waals surface area (Å²) in [5.41, 5.74) is 2.35. The number of anilines is 1. The van der Waals surface area contributed by atoms with Gasteiger partial charge in [-0.15, -0.1) is 13.2 Å². The van der Waals surface area contributed by atoms with Gasteiger partial charge in [0.15, 0.2) is 0 Å². The molecule has 1 amide bonds. The molecular weight excluding hydrogens is 425 g/mol. The molecule has 170 valence electrons. The fourth-order valence-electron chi connectivity index (χ4n) is 3.70. The van der Waals surface area contributed by atoms with Gasteiger partial charge in [0.2, 0.25) is 5.91 Å². The minimum atomic E-state index is -4.73. The van der Waals surface area contributed by atoms with Gasteiger partial charge in [-0.05, 0) is 36.8 Å². The molecule has 7 nitrogen and oxygen atoms in total. The van der Waals surface area contributed by atoms with E-state index in [1.54, 1.807) is 27.9 Å². The summed E-state index contributed by atoms with van der Waals surface area (Å²) in [6.07, 6.45) is 4.11. The second-order valence-electron chi connectivity index (χ2n) is 7.54. The van der Waals surface area contributed by atoms with Gasteiger partial charge in [-0.1, -0.05) is 0 Å². The molecule has 0 N–H and O–H groups in total. The van der Waals surface area contributed by atoms with E-state index in [2.05, 4.69) is 9.84 Å². The lowest BCUT2D eigenvalue weighted by molar-refractivity contribution is -0.274. The van der Waals surface area contributed by atoms with Crippen molar-refractivity contribution >= 4 is 17.2 Å². The van der Waals surface area contributed by atoms with Crippen LogP contribution in [0.3, 0.4) is 0 Å². The number of halogens is 3. The van der Waals surface area contributed by atoms with Crippen LogP contribution in [-0.4, -0.2) is 53.2 Å². The quantitative estimate of drug-likeness (QED) is 0.647. The first kappa shape index (κ1) is 21.8. The second kappa shape index (κ2) is 8.97. The van der Waals surface area contributed by atoms with E-state index in [4.69, 9.17) is 4.74 Å². The van der Waals surface area contributed by atoms with Crippen molar-refractivity contribution in [2.24, 2.45) is 7.05 Å². The van der Waals surface area contributed by atoms with Crippen LogP contribution in [0.1, 0.15) is 18.4 Å². The van der Waals surface area contributed by atoms with Crippen LogP contribution >= 0.6 is 0 Å². The smallest absolute Gasteiger partial charge is 0.491 e. The summed E-state index contributed by atoms with van der Waals surface area (Å²) in [6, 6.07) is 5.70. The Bertz CT molecular complexity index is 1030. The Morgan fingerprint density at radius 2 is 1.97 bits per heavy atom. The standard InChI is InChI=1S/C22H23F3N4O3/c1-27-14-16(13-26-27)19-15-29(17-4-6-18(7-5-17)32-22(23,24)25)10-8-20(19)31-12-11-28-9-2-3-21(28)30/h4-8,13-15H,2-3,9-12H2,1H3. The first-order valence-electron chi connectivity index (χ1n) is 10.2. The van der Waals surface area contributed by atoms with Gasteiger partial charge in [0.05, 0.1) is 12.7 Å². The van der Waals surface area contributed by atoms with Crippen molar-refractivity contribution in [3.05, 3.63) is 60.3 Å². The van der Waals surface area contributed by atoms with Gasteiger partial charge in [0, 0.05) is 55.8 Å². The summed E-state index contributed by atoms with van der Waals surface area (Å²) in [5, 5.41) is 4.22. The summed E-state index contributed by atoms with van der Waals surface area (Å²) in [6.45, 7) is 2.13. The summed E-state index contributed by atoms with van der Waals surface area (Å²) < 4.78 is 48.9. The van der Waals surface area contributed by atoms with Crippen LogP contribution < -0.4 is 9.64 Å². The Hall–Kier alpha value is -3.43. The highest BCUT2D eigenvalue weighted by molar-refractivity contribution is 5.80. The number of alkyl halides is 3. The van der Waals surface area contributed by atoms with E-state index in [-0.39, 0.29) is 11.7 Å². The summed E-state index contributed by atoms with van der Waals surface area (Å²) >= 11 is 0. The monoisotopic (exact) mass is 448 g/mol. The third-order valence-corrected chi connectivity index (χ3v) is 5.23. The average molecular weight is 448 g/mol. The lowest BCUT2D eigenvalue weighted by Crippen LogP contribution is -2.29. The number of carbonyl (C=O) groups is 1. The summed E-state index contributed by atoms with van der Waals surface area (Å²) in [5.74, 6) is 0.557. The highest BCUT2D eigenvalue weighted by Gasteiger charge is 2.31. The van der Waals surface area contributed by atoms with E-state index in [0.29, 0.717) is 37.6 Å². The largest absolute Gasteiger partial charge is 0.573 e. The zero-order chi connectivity index (χ0) is 22.7. The van der Waals surface area contributed by atoms with Gasteiger partial charge in [-0.2, -0.15) is 5.10 Å². The minimum Gasteiger partial charge on any atom is -0.491 e. The van der Waals surface area contributed by atoms with E-state index >= 15 is 0 Å². The molecule has 0 unspecified atom stereocenters. The molecule has 0 saturated carbocycles. The summed E-state index contributed by atoms with van der Waals surface area (Å²) in [7, 11) is 1.81. The number of aryl methyl sites for hydroxylation is 1. The highest BCUT2D eigenvalue weighted by atomic mass is 19.4. The number of aromatic nitrogens is 2. The predicted molar refractivity (Wildman–Crippen MR) is 112 cm³/mol. The molecule has 0 bridgehead atoms. The van der Waals surface area contributed by atoms with Gasteiger partial charge in [0.1, 0.15) is 18.1 Å². The van der Waals surface area contributed by atoms with Crippen molar-refractivity contribution in [2.45, 2.75) is 19.2 Å². The molecule has 10 heteroatoms. The number of amides is 1. The predicted octanol–water partition coefficient (Wildman–Crippen LogP) is 3.70. The Morgan fingerprint density at radius 3 is 2.59 bits per heavy atom. The van der Waals surface area contributed by atoms with Gasteiger partial charge >= 0.3 is 6.36 Å². The van der Waals surface area contributed by atoms with Crippen LogP contribution in [0.4, 0.5) is 18.9 Å². The molecule has 0 radical (unpaired) electrons. The van der Waals surface area contributed by atoms with Crippen molar-refractivity contribution in [3.63, 3.8) is 0 Å². The lowest BCUT2D eigenvalue weighted by atomic mass is 10.1. The second-order valence-corrected chi connectivity index (χ2v) is 7.54. The van der Waals surface area contributed by atoms with Crippen LogP contribution in [0.2, 0.25) is 0 Å². The first-order chi connectivity index (χ1) is 15.3. The molecule has 2 aliphatic rings. The normalized spacial score (nSPS) is 16.8. The van der Waals surface area contributed by atoms with Crippen molar-refractivity contribution < 1.29 is 27.4 Å². The van der Waals surface area contributed by atoms with Crippen LogP contribution in [0, 0.1) is 0 Å². The van der Waals surface area contributed by atoms with E-state index < -0.39 is 6.36 Å². The zero-order valence-electron chi connectivity index (χ0n) is 17.5. The zero-order valence-corrected chi connectivity index (χ0v) is 17.5. The van der Waals surface area contributed by atoms with Gasteiger partial charge in [0.25, 0.3) is 0 Å². The number of likely N-dealkylation sites (tertiary alicyclic amines) is 1. The molecule has 2 aliphatic heterocycles. The number of rotatable bonds is 7. The Kier molecular flexibility index (Phi) is 6.11. The topological polar surface area (TPSA) is 59.8 Å². The van der Waals surface area contributed by atoms with Gasteiger partial charge < -0.3 is 19.3 Å². The maximum atomic E-state index is 12.4. The molecule has 4 rings (SSSR count). The molecule has 2 aromatic rings. The SMILES string of the molecule is Cn1cc(C2=CN(c3ccc(OC(F)(F)F)cc3)CC=C2OCCN2CCCC2=O)cn1. The Balaban J connectivity index is 1.49. The number of hydrogen-bond acceptors (Lipinski definition) is 5. The number of nitrogens with zero attached hydrogens (tertiary/aromatic N) is 4. The molecule has 1 saturated heterocycles. The molecular formula is C22H23F3N4O3. The molecule has 0 aliphatic carbocycles. The molecule has 32 heavy (non-hydrogen) atoms. The van der Waals surface area contributed by atoms with Crippen LogP contribution in [0.15, 0.2) is 54.7 Å². The lowest BCUT2D eigenvalue weighted by Gasteiger charge is -2.27. The third-order valence-electron chi connectivity index (χ3n) is 5.23. The molecule has 1 aromatic carbocycles. The number of benzene rings is 1. The molecule has 0 atom stereocenters. The Labute approximate surface area is 183 Å². The molecule has 1 fully saturated rings. The maximum Gasteiger partial charge on any atom is 0.573 e. The van der Waals surface area contributed by atoms with Gasteiger partial charge in [-0.25, -0.2) is 0 Å².